The van der Waals surface area contributed by atoms with Gasteiger partial charge in [-0.25, -0.2) is 10.9 Å². The molecule has 0 unspecified atom stereocenters. The number of nitrogens with one attached hydrogen (secondary N) is 7. The summed E-state index contributed by atoms with van der Waals surface area (Å²) in [4.78, 5) is 53.6. The monoisotopic (exact) mass is 711 g/mol. The third kappa shape index (κ3) is 17.5. The fourth-order valence-corrected chi connectivity index (χ4v) is 5.10. The van der Waals surface area contributed by atoms with Crippen molar-refractivity contribution < 1.29 is 19.2 Å². The second kappa shape index (κ2) is 24.1. The zero-order chi connectivity index (χ0) is 37.6. The summed E-state index contributed by atoms with van der Waals surface area (Å²) in [6, 6.07) is 13.1. The van der Waals surface area contributed by atoms with E-state index in [-0.39, 0.29) is 31.1 Å². The van der Waals surface area contributed by atoms with E-state index in [9.17, 15) is 19.2 Å². The summed E-state index contributed by atoms with van der Waals surface area (Å²) < 4.78 is 0. The maximum absolute atomic E-state index is 13.8. The number of Topliss-reactive ketones (excluding diaryl/α,β-unsaturated/α-hetero) is 2. The van der Waals surface area contributed by atoms with Gasteiger partial charge < -0.3 is 45.0 Å². The van der Waals surface area contributed by atoms with Crippen LogP contribution in [0.15, 0.2) is 54.6 Å². The Labute approximate surface area is 299 Å². The summed E-state index contributed by atoms with van der Waals surface area (Å²) in [5.41, 5.74) is 41.7. The number of nitrogen functional groups attached to an aromatic ring is 1. The summed E-state index contributed by atoms with van der Waals surface area (Å²) in [5, 5.41) is 19.0. The fraction of sp³-hybridized carbons (Fsp3) is 0.500. The number of rotatable bonds is 27. The van der Waals surface area contributed by atoms with E-state index in [0.29, 0.717) is 69.3 Å². The molecule has 282 valence electrons. The molecule has 2 aromatic rings. The lowest BCUT2D eigenvalue weighted by molar-refractivity contribution is -0.139. The second-order valence-corrected chi connectivity index (χ2v) is 12.3. The van der Waals surface area contributed by atoms with E-state index in [2.05, 4.69) is 32.1 Å². The highest BCUT2D eigenvalue weighted by Gasteiger charge is 2.30. The Balaban J connectivity index is 2.18. The van der Waals surface area contributed by atoms with Gasteiger partial charge in [-0.1, -0.05) is 61.0 Å². The summed E-state index contributed by atoms with van der Waals surface area (Å²) in [5.74, 6) is -2.24. The topological polar surface area (TPSA) is 320 Å². The lowest BCUT2D eigenvalue weighted by atomic mass is 9.98. The molecule has 0 aliphatic carbocycles. The van der Waals surface area contributed by atoms with Crippen LogP contribution >= 0.6 is 0 Å². The first-order valence-corrected chi connectivity index (χ1v) is 17.2. The van der Waals surface area contributed by atoms with E-state index in [1.54, 1.807) is 48.5 Å². The van der Waals surface area contributed by atoms with E-state index in [4.69, 9.17) is 39.8 Å². The zero-order valence-electron chi connectivity index (χ0n) is 29.2. The van der Waals surface area contributed by atoms with Crippen molar-refractivity contribution in [3.63, 3.8) is 0 Å². The van der Waals surface area contributed by atoms with Crippen molar-refractivity contribution in [2.45, 2.75) is 88.6 Å². The van der Waals surface area contributed by atoms with Crippen LogP contribution in [0.25, 0.3) is 0 Å². The Morgan fingerprint density at radius 3 is 1.76 bits per heavy atom. The number of unbranched alkanes of at least 4 members (excludes halogenated alkanes) is 1. The van der Waals surface area contributed by atoms with E-state index in [1.807, 2.05) is 6.07 Å². The van der Waals surface area contributed by atoms with E-state index < -0.39 is 48.2 Å². The molecule has 2 aromatic carbocycles. The molecule has 0 aliphatic rings. The van der Waals surface area contributed by atoms with Crippen LogP contribution in [0, 0.1) is 5.41 Å². The van der Waals surface area contributed by atoms with Gasteiger partial charge in [0.1, 0.15) is 18.4 Å². The Kier molecular flexibility index (Phi) is 20.3. The number of hydrazine groups is 1. The smallest absolute Gasteiger partial charge is 0.239 e. The van der Waals surface area contributed by atoms with Crippen molar-refractivity contribution in [3.05, 3.63) is 71.3 Å². The van der Waals surface area contributed by atoms with Gasteiger partial charge in [-0.2, -0.15) is 0 Å². The SMILES string of the molecule is N=C(N)c1ccc(CNC(=O)[C@H](CCCNC(N)N)NN[C@@H](CCCCN)C(=O)N[C@@H](CCCNC(N)N)C(=O)C(=O)Cc2ccccc2)cc1. The maximum Gasteiger partial charge on any atom is 0.239 e. The van der Waals surface area contributed by atoms with Gasteiger partial charge in [-0.15, -0.1) is 0 Å². The standard InChI is InChI=1S/C34H57N13O4/c35-17-5-4-10-27(32(51)45-25(11-6-18-42-33(38)39)29(49)28(48)20-22-8-2-1-3-9-22)47-46-26(12-7-19-43-34(40)41)31(50)44-21-23-13-15-24(16-14-23)30(36)37/h1-3,8-9,13-16,25-27,33-34,42-43,46-47H,4-7,10-12,17-21,35,38-41H2,(H3,36,37)(H,44,50)(H,45,51)/t25-,26-,27-/m0/s1. The zero-order valence-corrected chi connectivity index (χ0v) is 29.2. The Morgan fingerprint density at radius 2 is 1.22 bits per heavy atom. The van der Waals surface area contributed by atoms with Gasteiger partial charge in [0, 0.05) is 18.5 Å². The van der Waals surface area contributed by atoms with E-state index >= 15 is 0 Å². The van der Waals surface area contributed by atoms with Crippen LogP contribution in [0.2, 0.25) is 0 Å². The lowest BCUT2D eigenvalue weighted by Crippen LogP contribution is -2.58. The largest absolute Gasteiger partial charge is 0.384 e. The first-order chi connectivity index (χ1) is 24.4. The molecule has 0 fully saturated rings. The third-order valence-corrected chi connectivity index (χ3v) is 7.96. The van der Waals surface area contributed by atoms with Crippen LogP contribution in [0.1, 0.15) is 61.6 Å². The number of amidine groups is 1. The van der Waals surface area contributed by atoms with Gasteiger partial charge in [0.25, 0.3) is 0 Å². The number of nitrogens with two attached hydrogens (primary N) is 6. The van der Waals surface area contributed by atoms with Gasteiger partial charge in [0.05, 0.1) is 18.1 Å². The number of ketones is 2. The van der Waals surface area contributed by atoms with Crippen LogP contribution in [0.3, 0.4) is 0 Å². The third-order valence-electron chi connectivity index (χ3n) is 7.96. The molecule has 3 atom stereocenters. The molecule has 2 amide bonds. The van der Waals surface area contributed by atoms with Crippen LogP contribution in [-0.4, -0.2) is 79.6 Å². The molecule has 0 radical (unpaired) electrons. The number of amides is 2. The van der Waals surface area contributed by atoms with Crippen molar-refractivity contribution in [2.24, 2.45) is 34.4 Å². The fourth-order valence-electron chi connectivity index (χ4n) is 5.10. The molecule has 0 saturated heterocycles. The summed E-state index contributed by atoms with van der Waals surface area (Å²) in [6.07, 6.45) is 1.44. The molecule has 17 nitrogen and oxygen atoms in total. The highest BCUT2D eigenvalue weighted by Crippen LogP contribution is 2.09. The average Bonchev–Trinajstić information content (AvgIpc) is 3.10. The van der Waals surface area contributed by atoms with Gasteiger partial charge >= 0.3 is 0 Å². The number of benzene rings is 2. The van der Waals surface area contributed by atoms with Gasteiger partial charge in [-0.3, -0.25) is 35.2 Å². The molecular formula is C34H57N13O4. The number of carbonyl (C=O) groups excluding carboxylic acids is 4. The number of hydrogen-bond acceptors (Lipinski definition) is 14. The minimum absolute atomic E-state index is 0.0559. The maximum atomic E-state index is 13.8. The average molecular weight is 712 g/mol. The molecule has 17 heteroatoms. The number of carbonyl (C=O) groups is 4. The Hall–Kier alpha value is -4.17. The minimum Gasteiger partial charge on any atom is -0.384 e. The molecule has 19 N–H and O–H groups in total. The molecule has 0 heterocycles. The van der Waals surface area contributed by atoms with Crippen molar-refractivity contribution in [1.82, 2.24) is 32.1 Å². The lowest BCUT2D eigenvalue weighted by Gasteiger charge is -2.26. The van der Waals surface area contributed by atoms with Crippen molar-refractivity contribution in [1.29, 1.82) is 5.41 Å². The summed E-state index contributed by atoms with van der Waals surface area (Å²) >= 11 is 0. The molecule has 0 aromatic heterocycles. The van der Waals surface area contributed by atoms with Crippen molar-refractivity contribution >= 4 is 29.2 Å². The molecule has 2 rings (SSSR count). The van der Waals surface area contributed by atoms with Crippen LogP contribution in [0.5, 0.6) is 0 Å². The van der Waals surface area contributed by atoms with Gasteiger partial charge in [-0.05, 0) is 69.3 Å². The van der Waals surface area contributed by atoms with Crippen molar-refractivity contribution in [2.75, 3.05) is 19.6 Å². The predicted octanol–water partition coefficient (Wildman–Crippen LogP) is -2.45. The quantitative estimate of drug-likeness (QED) is 0.0114. The van der Waals surface area contributed by atoms with E-state index in [0.717, 1.165) is 5.56 Å². The predicted molar refractivity (Wildman–Crippen MR) is 197 cm³/mol. The van der Waals surface area contributed by atoms with Crippen molar-refractivity contribution in [3.8, 4) is 0 Å². The van der Waals surface area contributed by atoms with Crippen LogP contribution < -0.4 is 66.5 Å². The first kappa shape index (κ1) is 43.0. The summed E-state index contributed by atoms with van der Waals surface area (Å²) in [6.45, 7) is 1.44. The highest BCUT2D eigenvalue weighted by atomic mass is 16.2. The van der Waals surface area contributed by atoms with Gasteiger partial charge in [0.15, 0.2) is 0 Å². The molecule has 0 bridgehead atoms. The van der Waals surface area contributed by atoms with Gasteiger partial charge in [0.2, 0.25) is 23.4 Å². The van der Waals surface area contributed by atoms with Crippen LogP contribution in [0.4, 0.5) is 0 Å². The molecule has 0 saturated carbocycles. The molecule has 0 aliphatic heterocycles. The highest BCUT2D eigenvalue weighted by molar-refractivity contribution is 6.39. The summed E-state index contributed by atoms with van der Waals surface area (Å²) in [7, 11) is 0. The normalized spacial score (nSPS) is 13.1. The molecule has 0 spiro atoms. The molecule has 51 heavy (non-hydrogen) atoms. The van der Waals surface area contributed by atoms with Crippen LogP contribution in [-0.2, 0) is 32.1 Å². The molecular weight excluding hydrogens is 654 g/mol. The minimum atomic E-state index is -1.09. The number of hydrogen-bond donors (Lipinski definition) is 13. The van der Waals surface area contributed by atoms with E-state index in [1.165, 1.54) is 0 Å². The second-order valence-electron chi connectivity index (χ2n) is 12.3. The Morgan fingerprint density at radius 1 is 0.667 bits per heavy atom. The Bertz CT molecular complexity index is 1360. The first-order valence-electron chi connectivity index (χ1n) is 17.2.